The maximum absolute atomic E-state index is 11.8. The van der Waals surface area contributed by atoms with Gasteiger partial charge in [0.1, 0.15) is 0 Å². The van der Waals surface area contributed by atoms with Gasteiger partial charge in [0.25, 0.3) is 0 Å². The van der Waals surface area contributed by atoms with E-state index in [-0.39, 0.29) is 17.1 Å². The number of carbonyl (C=O) groups excluding carboxylic acids is 1. The van der Waals surface area contributed by atoms with Crippen LogP contribution >= 0.6 is 23.2 Å². The highest BCUT2D eigenvalue weighted by molar-refractivity contribution is 6.30. The number of rotatable bonds is 3. The zero-order chi connectivity index (χ0) is 10.9. The highest BCUT2D eigenvalue weighted by Gasteiger charge is 2.44. The predicted octanol–water partition coefficient (Wildman–Crippen LogP) is 3.57. The molecule has 0 aliphatic heterocycles. The van der Waals surface area contributed by atoms with Crippen LogP contribution in [-0.2, 0) is 10.2 Å². The second kappa shape index (κ2) is 4.15. The molecule has 0 amide bonds. The van der Waals surface area contributed by atoms with Gasteiger partial charge >= 0.3 is 0 Å². The molecular formula is C12H12Cl2O. The molecule has 1 aromatic carbocycles. The first-order valence-electron chi connectivity index (χ1n) is 5.04. The standard InChI is InChI=1S/C12H12Cl2O/c13-8-11(15)12(6-1-7-12)9-2-4-10(14)5-3-9/h2-5H,1,6-8H2. The van der Waals surface area contributed by atoms with Crippen molar-refractivity contribution < 1.29 is 4.79 Å². The Morgan fingerprint density at radius 2 is 1.87 bits per heavy atom. The van der Waals surface area contributed by atoms with E-state index >= 15 is 0 Å². The molecule has 1 fully saturated rings. The van der Waals surface area contributed by atoms with Crippen molar-refractivity contribution in [3.63, 3.8) is 0 Å². The van der Waals surface area contributed by atoms with E-state index in [0.717, 1.165) is 24.8 Å². The molecule has 1 aliphatic carbocycles. The summed E-state index contributed by atoms with van der Waals surface area (Å²) < 4.78 is 0. The normalized spacial score (nSPS) is 18.3. The quantitative estimate of drug-likeness (QED) is 0.741. The number of hydrogen-bond donors (Lipinski definition) is 0. The fraction of sp³-hybridized carbons (Fsp3) is 0.417. The Morgan fingerprint density at radius 3 is 2.27 bits per heavy atom. The average molecular weight is 243 g/mol. The fourth-order valence-corrected chi connectivity index (χ4v) is 2.54. The summed E-state index contributed by atoms with van der Waals surface area (Å²) >= 11 is 11.5. The monoisotopic (exact) mass is 242 g/mol. The van der Waals surface area contributed by atoms with E-state index in [1.165, 1.54) is 0 Å². The molecule has 1 saturated carbocycles. The molecule has 15 heavy (non-hydrogen) atoms. The van der Waals surface area contributed by atoms with Gasteiger partial charge in [-0.3, -0.25) is 4.79 Å². The summed E-state index contributed by atoms with van der Waals surface area (Å²) in [4.78, 5) is 11.8. The minimum atomic E-state index is -0.313. The number of ketones is 1. The minimum Gasteiger partial charge on any atom is -0.297 e. The topological polar surface area (TPSA) is 17.1 Å². The van der Waals surface area contributed by atoms with Crippen molar-refractivity contribution in [3.05, 3.63) is 34.9 Å². The van der Waals surface area contributed by atoms with Crippen LogP contribution in [0.2, 0.25) is 5.02 Å². The number of benzene rings is 1. The lowest BCUT2D eigenvalue weighted by molar-refractivity contribution is -0.125. The fourth-order valence-electron chi connectivity index (χ4n) is 2.16. The molecule has 0 N–H and O–H groups in total. The van der Waals surface area contributed by atoms with Gasteiger partial charge < -0.3 is 0 Å². The highest BCUT2D eigenvalue weighted by atomic mass is 35.5. The zero-order valence-corrected chi connectivity index (χ0v) is 9.81. The molecule has 0 spiro atoms. The van der Waals surface area contributed by atoms with Gasteiger partial charge in [-0.1, -0.05) is 30.2 Å². The summed E-state index contributed by atoms with van der Waals surface area (Å²) in [6.45, 7) is 0. The van der Waals surface area contributed by atoms with E-state index in [1.807, 2.05) is 24.3 Å². The summed E-state index contributed by atoms with van der Waals surface area (Å²) in [6, 6.07) is 7.54. The molecule has 0 radical (unpaired) electrons. The SMILES string of the molecule is O=C(CCl)C1(c2ccc(Cl)cc2)CCC1. The van der Waals surface area contributed by atoms with Gasteiger partial charge in [0.2, 0.25) is 0 Å². The Bertz CT molecular complexity index is 366. The number of halogens is 2. The van der Waals surface area contributed by atoms with Gasteiger partial charge in [-0.2, -0.15) is 0 Å². The predicted molar refractivity (Wildman–Crippen MR) is 62.7 cm³/mol. The third-order valence-corrected chi connectivity index (χ3v) is 3.75. The van der Waals surface area contributed by atoms with Crippen molar-refractivity contribution in [2.24, 2.45) is 0 Å². The number of carbonyl (C=O) groups is 1. The van der Waals surface area contributed by atoms with Crippen molar-refractivity contribution in [2.45, 2.75) is 24.7 Å². The van der Waals surface area contributed by atoms with Crippen LogP contribution in [-0.4, -0.2) is 11.7 Å². The van der Waals surface area contributed by atoms with Crippen LogP contribution < -0.4 is 0 Å². The molecule has 0 atom stereocenters. The number of Topliss-reactive ketones (excluding diaryl/α,β-unsaturated/α-hetero) is 1. The van der Waals surface area contributed by atoms with Crippen LogP contribution in [0.1, 0.15) is 24.8 Å². The first-order chi connectivity index (χ1) is 7.19. The molecular weight excluding hydrogens is 231 g/mol. The van der Waals surface area contributed by atoms with Crippen LogP contribution in [0.15, 0.2) is 24.3 Å². The Hall–Kier alpha value is -0.530. The highest BCUT2D eigenvalue weighted by Crippen LogP contribution is 2.44. The van der Waals surface area contributed by atoms with Crippen LogP contribution in [0.3, 0.4) is 0 Å². The third-order valence-electron chi connectivity index (χ3n) is 3.26. The van der Waals surface area contributed by atoms with Crippen LogP contribution in [0.4, 0.5) is 0 Å². The summed E-state index contributed by atoms with van der Waals surface area (Å²) in [6.07, 6.45) is 2.94. The second-order valence-electron chi connectivity index (χ2n) is 4.00. The molecule has 1 nitrogen and oxygen atoms in total. The largest absolute Gasteiger partial charge is 0.297 e. The lowest BCUT2D eigenvalue weighted by Gasteiger charge is -2.40. The molecule has 0 bridgehead atoms. The maximum Gasteiger partial charge on any atom is 0.158 e. The molecule has 2 rings (SSSR count). The van der Waals surface area contributed by atoms with Crippen molar-refractivity contribution in [1.29, 1.82) is 0 Å². The maximum atomic E-state index is 11.8. The van der Waals surface area contributed by atoms with E-state index in [4.69, 9.17) is 23.2 Å². The van der Waals surface area contributed by atoms with Crippen molar-refractivity contribution in [1.82, 2.24) is 0 Å². The van der Waals surface area contributed by atoms with Gasteiger partial charge in [-0.25, -0.2) is 0 Å². The lowest BCUT2D eigenvalue weighted by atomic mass is 9.62. The van der Waals surface area contributed by atoms with Crippen LogP contribution in [0.25, 0.3) is 0 Å². The van der Waals surface area contributed by atoms with Gasteiger partial charge in [-0.15, -0.1) is 11.6 Å². The molecule has 0 heterocycles. The Balaban J connectivity index is 2.34. The van der Waals surface area contributed by atoms with Gasteiger partial charge in [0, 0.05) is 5.02 Å². The summed E-state index contributed by atoms with van der Waals surface area (Å²) in [7, 11) is 0. The van der Waals surface area contributed by atoms with Gasteiger partial charge in [0.15, 0.2) is 5.78 Å². The second-order valence-corrected chi connectivity index (χ2v) is 4.70. The Morgan fingerprint density at radius 1 is 1.27 bits per heavy atom. The van der Waals surface area contributed by atoms with Gasteiger partial charge in [0.05, 0.1) is 11.3 Å². The lowest BCUT2D eigenvalue weighted by Crippen LogP contribution is -2.43. The Labute approximate surface area is 99.4 Å². The van der Waals surface area contributed by atoms with E-state index in [2.05, 4.69) is 0 Å². The Kier molecular flexibility index (Phi) is 3.03. The molecule has 3 heteroatoms. The molecule has 1 aliphatic rings. The number of alkyl halides is 1. The van der Waals surface area contributed by atoms with E-state index in [0.29, 0.717) is 5.02 Å². The summed E-state index contributed by atoms with van der Waals surface area (Å²) in [5.74, 6) is 0.237. The third kappa shape index (κ3) is 1.79. The molecule has 80 valence electrons. The van der Waals surface area contributed by atoms with E-state index in [9.17, 15) is 4.79 Å². The van der Waals surface area contributed by atoms with E-state index < -0.39 is 0 Å². The van der Waals surface area contributed by atoms with Crippen molar-refractivity contribution in [2.75, 3.05) is 5.88 Å². The van der Waals surface area contributed by atoms with Crippen LogP contribution in [0.5, 0.6) is 0 Å². The smallest absolute Gasteiger partial charge is 0.158 e. The van der Waals surface area contributed by atoms with Crippen LogP contribution in [0, 0.1) is 0 Å². The van der Waals surface area contributed by atoms with Crippen molar-refractivity contribution in [3.8, 4) is 0 Å². The summed E-state index contributed by atoms with van der Waals surface area (Å²) in [5, 5.41) is 0.701. The summed E-state index contributed by atoms with van der Waals surface area (Å²) in [5.41, 5.74) is 0.746. The minimum absolute atomic E-state index is 0.0998. The van der Waals surface area contributed by atoms with E-state index in [1.54, 1.807) is 0 Å². The molecule has 0 saturated heterocycles. The average Bonchev–Trinajstić information content (AvgIpc) is 2.19. The molecule has 0 aromatic heterocycles. The molecule has 1 aromatic rings. The van der Waals surface area contributed by atoms with Crippen molar-refractivity contribution >= 4 is 29.0 Å². The number of hydrogen-bond acceptors (Lipinski definition) is 1. The first kappa shape index (κ1) is 11.0. The zero-order valence-electron chi connectivity index (χ0n) is 8.30. The first-order valence-corrected chi connectivity index (χ1v) is 5.95. The van der Waals surface area contributed by atoms with Gasteiger partial charge in [-0.05, 0) is 30.5 Å². The molecule has 0 unspecified atom stereocenters.